The Morgan fingerprint density at radius 3 is 2.71 bits per heavy atom. The monoisotopic (exact) mass is 268 g/mol. The number of nitrogens with zero attached hydrogens (tertiary/aromatic N) is 1. The first-order valence-corrected chi connectivity index (χ1v) is 5.11. The summed E-state index contributed by atoms with van der Waals surface area (Å²) in [5.74, 6) is -0.551. The number of rotatable bonds is 1. The van der Waals surface area contributed by atoms with Gasteiger partial charge in [-0.15, -0.1) is 0 Å². The number of piperazine rings is 1. The number of carbonyl (C=O) groups excluding carboxylic acids is 1. The summed E-state index contributed by atoms with van der Waals surface area (Å²) in [5.41, 5.74) is 0. The molecule has 0 aromatic carbocycles. The van der Waals surface area contributed by atoms with Gasteiger partial charge in [-0.3, -0.25) is 4.79 Å². The lowest BCUT2D eigenvalue weighted by molar-refractivity contribution is -0.153. The molecule has 1 fully saturated rings. The van der Waals surface area contributed by atoms with Crippen molar-refractivity contribution in [3.63, 3.8) is 0 Å². The highest BCUT2D eigenvalue weighted by Gasteiger charge is 2.47. The Morgan fingerprint density at radius 1 is 1.47 bits per heavy atom. The summed E-state index contributed by atoms with van der Waals surface area (Å²) in [6.45, 7) is -0.908. The minimum Gasteiger partial charge on any atom is -0.429 e. The summed E-state index contributed by atoms with van der Waals surface area (Å²) >= 11 is 5.50. The lowest BCUT2D eigenvalue weighted by atomic mass is 10.2. The standard InChI is InChI=1S/C9H8ClF3N2O2/c10-6-1-2-8(17-6)15-4-7(16)14-3-5(15)9(11,12)13/h1-2,5H,3-4H2,(H,14,16). The molecule has 1 aliphatic rings. The molecule has 4 nitrogen and oxygen atoms in total. The zero-order valence-corrected chi connectivity index (χ0v) is 9.18. The van der Waals surface area contributed by atoms with Crippen LogP contribution >= 0.6 is 11.6 Å². The average molecular weight is 269 g/mol. The van der Waals surface area contributed by atoms with Crippen molar-refractivity contribution in [3.05, 3.63) is 17.4 Å². The van der Waals surface area contributed by atoms with Gasteiger partial charge in [0.1, 0.15) is 12.6 Å². The van der Waals surface area contributed by atoms with Crippen molar-refractivity contribution in [2.24, 2.45) is 0 Å². The first-order valence-electron chi connectivity index (χ1n) is 4.73. The Hall–Kier alpha value is -1.37. The molecule has 2 heterocycles. The smallest absolute Gasteiger partial charge is 0.410 e. The van der Waals surface area contributed by atoms with Gasteiger partial charge in [0.2, 0.25) is 5.91 Å². The second-order valence-corrected chi connectivity index (χ2v) is 3.94. The molecule has 1 aromatic rings. The Bertz CT molecular complexity index is 432. The number of carbonyl (C=O) groups is 1. The summed E-state index contributed by atoms with van der Waals surface area (Å²) in [5, 5.41) is 2.15. The van der Waals surface area contributed by atoms with E-state index in [0.717, 1.165) is 4.90 Å². The van der Waals surface area contributed by atoms with E-state index in [1.54, 1.807) is 0 Å². The quantitative estimate of drug-likeness (QED) is 0.845. The van der Waals surface area contributed by atoms with Crippen LogP contribution < -0.4 is 10.2 Å². The molecule has 1 saturated heterocycles. The van der Waals surface area contributed by atoms with Crippen LogP contribution in [0.4, 0.5) is 19.1 Å². The minimum absolute atomic E-state index is 0.0214. The third-order valence-corrected chi connectivity index (χ3v) is 2.61. The molecular formula is C9H8ClF3N2O2. The van der Waals surface area contributed by atoms with Gasteiger partial charge in [-0.1, -0.05) is 0 Å². The Kier molecular flexibility index (Phi) is 2.94. The Labute approximate surface area is 99.3 Å². The molecule has 1 unspecified atom stereocenters. The van der Waals surface area contributed by atoms with E-state index in [1.165, 1.54) is 12.1 Å². The van der Waals surface area contributed by atoms with Crippen LogP contribution in [0, 0.1) is 0 Å². The molecule has 1 aliphatic heterocycles. The predicted octanol–water partition coefficient (Wildman–Crippen LogP) is 1.80. The summed E-state index contributed by atoms with van der Waals surface area (Å²) in [6.07, 6.45) is -4.45. The maximum absolute atomic E-state index is 12.7. The van der Waals surface area contributed by atoms with E-state index >= 15 is 0 Å². The van der Waals surface area contributed by atoms with Gasteiger partial charge in [0.05, 0.1) is 0 Å². The molecule has 1 aromatic heterocycles. The summed E-state index contributed by atoms with van der Waals surface area (Å²) in [7, 11) is 0. The molecule has 0 spiro atoms. The highest BCUT2D eigenvalue weighted by Crippen LogP contribution is 2.31. The van der Waals surface area contributed by atoms with Gasteiger partial charge in [-0.05, 0) is 17.7 Å². The molecule has 0 aliphatic carbocycles. The highest BCUT2D eigenvalue weighted by atomic mass is 35.5. The van der Waals surface area contributed by atoms with Crippen molar-refractivity contribution >= 4 is 23.4 Å². The molecule has 0 saturated carbocycles. The number of halogens is 4. The zero-order valence-electron chi connectivity index (χ0n) is 8.42. The van der Waals surface area contributed by atoms with Gasteiger partial charge in [0.25, 0.3) is 0 Å². The number of anilines is 1. The first kappa shape index (κ1) is 12.1. The van der Waals surface area contributed by atoms with Gasteiger partial charge < -0.3 is 14.6 Å². The van der Waals surface area contributed by atoms with Crippen LogP contribution in [0.2, 0.25) is 5.22 Å². The Balaban J connectivity index is 2.29. The zero-order chi connectivity index (χ0) is 12.6. The van der Waals surface area contributed by atoms with E-state index in [-0.39, 0.29) is 11.1 Å². The van der Waals surface area contributed by atoms with Crippen LogP contribution in [0.15, 0.2) is 16.5 Å². The van der Waals surface area contributed by atoms with Crippen LogP contribution in [-0.4, -0.2) is 31.2 Å². The van der Waals surface area contributed by atoms with Gasteiger partial charge in [0.15, 0.2) is 11.1 Å². The number of hydrogen-bond acceptors (Lipinski definition) is 3. The van der Waals surface area contributed by atoms with Crippen LogP contribution in [0.1, 0.15) is 0 Å². The SMILES string of the molecule is O=C1CN(c2ccc(Cl)o2)C(C(F)(F)F)CN1. The normalized spacial score (nSPS) is 21.5. The van der Waals surface area contributed by atoms with E-state index in [4.69, 9.17) is 16.0 Å². The largest absolute Gasteiger partial charge is 0.429 e. The highest BCUT2D eigenvalue weighted by molar-refractivity contribution is 6.28. The van der Waals surface area contributed by atoms with E-state index in [1.807, 2.05) is 0 Å². The minimum atomic E-state index is -4.45. The Morgan fingerprint density at radius 2 is 2.18 bits per heavy atom. The molecule has 1 amide bonds. The molecule has 0 bridgehead atoms. The van der Waals surface area contributed by atoms with E-state index in [0.29, 0.717) is 0 Å². The molecule has 17 heavy (non-hydrogen) atoms. The van der Waals surface area contributed by atoms with Crippen molar-refractivity contribution in [2.45, 2.75) is 12.2 Å². The molecular weight excluding hydrogens is 261 g/mol. The van der Waals surface area contributed by atoms with Crippen molar-refractivity contribution in [1.29, 1.82) is 0 Å². The van der Waals surface area contributed by atoms with Gasteiger partial charge >= 0.3 is 6.18 Å². The van der Waals surface area contributed by atoms with Gasteiger partial charge in [0, 0.05) is 12.6 Å². The molecule has 1 atom stereocenters. The fourth-order valence-corrected chi connectivity index (χ4v) is 1.77. The first-order chi connectivity index (χ1) is 7.88. The number of nitrogens with one attached hydrogen (secondary N) is 1. The average Bonchev–Trinajstić information content (AvgIpc) is 2.62. The summed E-state index contributed by atoms with van der Waals surface area (Å²) in [6, 6.07) is 0.832. The molecule has 94 valence electrons. The third kappa shape index (κ3) is 2.49. The van der Waals surface area contributed by atoms with Crippen molar-refractivity contribution in [1.82, 2.24) is 5.32 Å². The van der Waals surface area contributed by atoms with Crippen LogP contribution in [0.25, 0.3) is 0 Å². The third-order valence-electron chi connectivity index (χ3n) is 2.40. The fourth-order valence-electron chi connectivity index (χ4n) is 1.62. The molecule has 1 N–H and O–H groups in total. The number of furan rings is 1. The van der Waals surface area contributed by atoms with Crippen LogP contribution in [-0.2, 0) is 4.79 Å². The maximum Gasteiger partial charge on any atom is 0.410 e. The van der Waals surface area contributed by atoms with Crippen molar-refractivity contribution in [2.75, 3.05) is 18.0 Å². The van der Waals surface area contributed by atoms with E-state index < -0.39 is 31.2 Å². The van der Waals surface area contributed by atoms with Gasteiger partial charge in [-0.25, -0.2) is 0 Å². The fraction of sp³-hybridized carbons (Fsp3) is 0.444. The van der Waals surface area contributed by atoms with Crippen molar-refractivity contribution < 1.29 is 22.4 Å². The topological polar surface area (TPSA) is 45.5 Å². The van der Waals surface area contributed by atoms with Gasteiger partial charge in [-0.2, -0.15) is 13.2 Å². The lowest BCUT2D eigenvalue weighted by Crippen LogP contribution is -2.60. The molecule has 8 heteroatoms. The summed E-state index contributed by atoms with van der Waals surface area (Å²) < 4.78 is 43.1. The number of alkyl halides is 3. The summed E-state index contributed by atoms with van der Waals surface area (Å²) in [4.78, 5) is 12.0. The van der Waals surface area contributed by atoms with E-state index in [2.05, 4.69) is 5.32 Å². The molecule has 2 rings (SSSR count). The maximum atomic E-state index is 12.7. The van der Waals surface area contributed by atoms with Crippen LogP contribution in [0.5, 0.6) is 0 Å². The number of amides is 1. The molecule has 0 radical (unpaired) electrons. The second kappa shape index (κ2) is 4.14. The van der Waals surface area contributed by atoms with Crippen molar-refractivity contribution in [3.8, 4) is 0 Å². The second-order valence-electron chi connectivity index (χ2n) is 3.57. The van der Waals surface area contributed by atoms with Crippen LogP contribution in [0.3, 0.4) is 0 Å². The number of hydrogen-bond donors (Lipinski definition) is 1. The predicted molar refractivity (Wildman–Crippen MR) is 53.9 cm³/mol. The van der Waals surface area contributed by atoms with E-state index in [9.17, 15) is 18.0 Å². The lowest BCUT2D eigenvalue weighted by Gasteiger charge is -2.36.